The summed E-state index contributed by atoms with van der Waals surface area (Å²) in [6, 6.07) is 4.95. The molecule has 1 fully saturated rings. The third-order valence-electron chi connectivity index (χ3n) is 3.48. The monoisotopic (exact) mass is 323 g/mol. The van der Waals surface area contributed by atoms with E-state index in [0.717, 1.165) is 25.7 Å². The van der Waals surface area contributed by atoms with E-state index in [1.807, 2.05) is 0 Å². The van der Waals surface area contributed by atoms with Gasteiger partial charge in [0.1, 0.15) is 5.75 Å². The third kappa shape index (κ3) is 4.94. The van der Waals surface area contributed by atoms with Crippen molar-refractivity contribution < 1.29 is 28.7 Å². The number of carbonyl (C=O) groups excluding carboxylic acids is 2. The lowest BCUT2D eigenvalue weighted by atomic mass is 10.1. The number of ether oxygens (including phenoxy) is 3. The first kappa shape index (κ1) is 16.7. The summed E-state index contributed by atoms with van der Waals surface area (Å²) >= 11 is 0. The lowest BCUT2D eigenvalue weighted by Crippen LogP contribution is -2.26. The molecule has 0 bridgehead atoms. The Morgan fingerprint density at radius 3 is 2.35 bits per heavy atom. The van der Waals surface area contributed by atoms with Gasteiger partial charge in [-0.05, 0) is 25.0 Å². The van der Waals surface area contributed by atoms with Crippen molar-refractivity contribution in [3.8, 4) is 5.75 Å². The van der Waals surface area contributed by atoms with Gasteiger partial charge in [0.15, 0.2) is 0 Å². The van der Waals surface area contributed by atoms with Gasteiger partial charge in [-0.3, -0.25) is 14.9 Å². The number of nitro benzene ring substituents is 1. The Morgan fingerprint density at radius 2 is 1.78 bits per heavy atom. The molecule has 2 rings (SSSR count). The van der Waals surface area contributed by atoms with E-state index >= 15 is 0 Å². The van der Waals surface area contributed by atoms with Crippen molar-refractivity contribution in [1.29, 1.82) is 0 Å². The van der Waals surface area contributed by atoms with Crippen molar-refractivity contribution in [3.05, 3.63) is 34.4 Å². The van der Waals surface area contributed by atoms with Gasteiger partial charge in [-0.15, -0.1) is 0 Å². The third-order valence-corrected chi connectivity index (χ3v) is 3.48. The standard InChI is InChI=1S/C15H17NO7/c1-10(21-14(17)11-4-2-3-5-11)22-15(18)23-13-8-6-12(7-9-13)16(19)20/h6-11H,2-5H2,1H3/t10-/m0/s1. The van der Waals surface area contributed by atoms with E-state index in [1.54, 1.807) is 0 Å². The summed E-state index contributed by atoms with van der Waals surface area (Å²) in [7, 11) is 0. The smallest absolute Gasteiger partial charge is 0.425 e. The number of nitro groups is 1. The molecule has 1 aliphatic rings. The molecule has 8 nitrogen and oxygen atoms in total. The van der Waals surface area contributed by atoms with Crippen molar-refractivity contribution in [2.45, 2.75) is 38.9 Å². The number of rotatable bonds is 5. The quantitative estimate of drug-likeness (QED) is 0.269. The van der Waals surface area contributed by atoms with Crippen molar-refractivity contribution in [2.75, 3.05) is 0 Å². The van der Waals surface area contributed by atoms with Gasteiger partial charge in [-0.2, -0.15) is 0 Å². The first-order valence-corrected chi connectivity index (χ1v) is 7.29. The van der Waals surface area contributed by atoms with Crippen LogP contribution in [0, 0.1) is 16.0 Å². The van der Waals surface area contributed by atoms with Crippen LogP contribution in [0.4, 0.5) is 10.5 Å². The number of benzene rings is 1. The second-order valence-corrected chi connectivity index (χ2v) is 5.21. The Balaban J connectivity index is 1.79. The number of carbonyl (C=O) groups is 2. The summed E-state index contributed by atoms with van der Waals surface area (Å²) in [5, 5.41) is 10.5. The minimum Gasteiger partial charge on any atom is -0.425 e. The molecule has 1 aromatic rings. The number of hydrogen-bond donors (Lipinski definition) is 0. The highest BCUT2D eigenvalue weighted by atomic mass is 16.8. The first-order chi connectivity index (χ1) is 11.0. The van der Waals surface area contributed by atoms with Gasteiger partial charge < -0.3 is 14.2 Å². The van der Waals surface area contributed by atoms with Crippen LogP contribution < -0.4 is 4.74 Å². The Labute approximate surface area is 132 Å². The van der Waals surface area contributed by atoms with Gasteiger partial charge in [-0.25, -0.2) is 4.79 Å². The maximum atomic E-state index is 11.8. The highest BCUT2D eigenvalue weighted by molar-refractivity contribution is 5.73. The summed E-state index contributed by atoms with van der Waals surface area (Å²) in [6.45, 7) is 1.42. The summed E-state index contributed by atoms with van der Waals surface area (Å²) in [5.41, 5.74) is -0.121. The lowest BCUT2D eigenvalue weighted by Gasteiger charge is -2.16. The van der Waals surface area contributed by atoms with Crippen LogP contribution in [0.3, 0.4) is 0 Å². The van der Waals surface area contributed by atoms with Crippen LogP contribution in [0.1, 0.15) is 32.6 Å². The van der Waals surface area contributed by atoms with Gasteiger partial charge in [0.05, 0.1) is 10.8 Å². The molecule has 0 aliphatic heterocycles. The maximum Gasteiger partial charge on any atom is 0.516 e. The summed E-state index contributed by atoms with van der Waals surface area (Å²) < 4.78 is 14.7. The SMILES string of the molecule is C[C@H](OC(=O)Oc1ccc([N+](=O)[O-])cc1)OC(=O)C1CCCC1. The van der Waals surface area contributed by atoms with Crippen LogP contribution >= 0.6 is 0 Å². The minimum absolute atomic E-state index is 0.0925. The Kier molecular flexibility index (Phi) is 5.51. The largest absolute Gasteiger partial charge is 0.516 e. The fourth-order valence-electron chi connectivity index (χ4n) is 2.34. The van der Waals surface area contributed by atoms with Gasteiger partial charge in [0.25, 0.3) is 5.69 Å². The summed E-state index contributed by atoms with van der Waals surface area (Å²) in [5.74, 6) is -0.417. The molecule has 124 valence electrons. The molecule has 0 spiro atoms. The molecule has 1 saturated carbocycles. The molecule has 8 heteroatoms. The van der Waals surface area contributed by atoms with Crippen LogP contribution in [0.5, 0.6) is 5.75 Å². The van der Waals surface area contributed by atoms with Gasteiger partial charge >= 0.3 is 12.1 Å². The summed E-state index contributed by atoms with van der Waals surface area (Å²) in [6.07, 6.45) is 1.46. The molecule has 0 heterocycles. The molecule has 1 atom stereocenters. The Morgan fingerprint density at radius 1 is 1.17 bits per heavy atom. The molecule has 1 aromatic carbocycles. The van der Waals surface area contributed by atoms with Gasteiger partial charge in [0.2, 0.25) is 6.29 Å². The average Bonchev–Trinajstić information content (AvgIpc) is 3.01. The zero-order chi connectivity index (χ0) is 16.8. The van der Waals surface area contributed by atoms with Crippen LogP contribution in [0.25, 0.3) is 0 Å². The molecular formula is C15H17NO7. The lowest BCUT2D eigenvalue weighted by molar-refractivity contribution is -0.384. The van der Waals surface area contributed by atoms with Crippen LogP contribution in [0.2, 0.25) is 0 Å². The van der Waals surface area contributed by atoms with Crippen molar-refractivity contribution >= 4 is 17.8 Å². The topological polar surface area (TPSA) is 105 Å². The number of hydrogen-bond acceptors (Lipinski definition) is 7. The molecule has 1 aliphatic carbocycles. The number of non-ortho nitro benzene ring substituents is 1. The fraction of sp³-hybridized carbons (Fsp3) is 0.467. The Bertz CT molecular complexity index is 578. The fourth-order valence-corrected chi connectivity index (χ4v) is 2.34. The molecule has 0 amide bonds. The maximum absolute atomic E-state index is 11.8. The molecule has 23 heavy (non-hydrogen) atoms. The van der Waals surface area contributed by atoms with Crippen molar-refractivity contribution in [2.24, 2.45) is 5.92 Å². The van der Waals surface area contributed by atoms with E-state index in [1.165, 1.54) is 31.2 Å². The van der Waals surface area contributed by atoms with Gasteiger partial charge in [-0.1, -0.05) is 12.8 Å². The van der Waals surface area contributed by atoms with Gasteiger partial charge in [0, 0.05) is 19.1 Å². The zero-order valence-corrected chi connectivity index (χ0v) is 12.6. The van der Waals surface area contributed by atoms with Crippen molar-refractivity contribution in [1.82, 2.24) is 0 Å². The van der Waals surface area contributed by atoms with Crippen LogP contribution in [-0.4, -0.2) is 23.3 Å². The zero-order valence-electron chi connectivity index (χ0n) is 12.6. The average molecular weight is 323 g/mol. The van der Waals surface area contributed by atoms with Crippen LogP contribution in [-0.2, 0) is 14.3 Å². The van der Waals surface area contributed by atoms with E-state index in [9.17, 15) is 19.7 Å². The minimum atomic E-state index is -1.06. The summed E-state index contributed by atoms with van der Waals surface area (Å²) in [4.78, 5) is 33.3. The second kappa shape index (κ2) is 7.57. The molecule has 0 unspecified atom stereocenters. The highest BCUT2D eigenvalue weighted by Gasteiger charge is 2.26. The molecule has 0 radical (unpaired) electrons. The number of esters is 1. The van der Waals surface area contributed by atoms with E-state index in [2.05, 4.69) is 0 Å². The predicted molar refractivity (Wildman–Crippen MR) is 77.7 cm³/mol. The normalized spacial score (nSPS) is 15.7. The molecular weight excluding hydrogens is 306 g/mol. The van der Waals surface area contributed by atoms with Crippen molar-refractivity contribution in [3.63, 3.8) is 0 Å². The highest BCUT2D eigenvalue weighted by Crippen LogP contribution is 2.26. The van der Waals surface area contributed by atoms with E-state index in [4.69, 9.17) is 14.2 Å². The first-order valence-electron chi connectivity index (χ1n) is 7.29. The second-order valence-electron chi connectivity index (χ2n) is 5.21. The van der Waals surface area contributed by atoms with E-state index in [-0.39, 0.29) is 23.3 Å². The Hall–Kier alpha value is -2.64. The molecule has 0 N–H and O–H groups in total. The van der Waals surface area contributed by atoms with E-state index in [0.29, 0.717) is 0 Å². The molecule has 0 saturated heterocycles. The number of nitrogens with zero attached hydrogens (tertiary/aromatic N) is 1. The molecule has 0 aromatic heterocycles. The van der Waals surface area contributed by atoms with Crippen LogP contribution in [0.15, 0.2) is 24.3 Å². The predicted octanol–water partition coefficient (Wildman–Crippen LogP) is 3.19. The van der Waals surface area contributed by atoms with E-state index < -0.39 is 17.4 Å².